The number of pyridine rings is 1. The van der Waals surface area contributed by atoms with Crippen LogP contribution in [-0.4, -0.2) is 49.9 Å². The van der Waals surface area contributed by atoms with Gasteiger partial charge in [-0.15, -0.1) is 0 Å². The summed E-state index contributed by atoms with van der Waals surface area (Å²) in [5.74, 6) is 2.40. The van der Waals surface area contributed by atoms with E-state index in [0.29, 0.717) is 19.8 Å². The first-order valence-corrected chi connectivity index (χ1v) is 9.04. The molecule has 2 aliphatic heterocycles. The van der Waals surface area contributed by atoms with Gasteiger partial charge in [-0.2, -0.15) is 0 Å². The Hall–Kier alpha value is -2.31. The fraction of sp³-hybridized carbons (Fsp3) is 0.450. The normalized spacial score (nSPS) is 20.4. The molecule has 0 unspecified atom stereocenters. The van der Waals surface area contributed by atoms with Crippen molar-refractivity contribution in [1.29, 1.82) is 0 Å². The molecule has 1 atom stereocenters. The number of benzene rings is 1. The van der Waals surface area contributed by atoms with Gasteiger partial charge >= 0.3 is 0 Å². The summed E-state index contributed by atoms with van der Waals surface area (Å²) in [6.07, 6.45) is 4.60. The lowest BCUT2D eigenvalue weighted by molar-refractivity contribution is -0.0332. The number of methoxy groups -OCH3 is 1. The Bertz CT molecular complexity index is 738. The van der Waals surface area contributed by atoms with Gasteiger partial charge in [-0.1, -0.05) is 6.07 Å². The molecule has 0 aliphatic carbocycles. The van der Waals surface area contributed by atoms with E-state index in [1.54, 1.807) is 13.3 Å². The third-order valence-corrected chi connectivity index (χ3v) is 4.75. The molecule has 2 aromatic rings. The summed E-state index contributed by atoms with van der Waals surface area (Å²) in [6.45, 7) is 4.54. The monoisotopic (exact) mass is 356 g/mol. The molecule has 0 amide bonds. The van der Waals surface area contributed by atoms with Gasteiger partial charge < -0.3 is 18.9 Å². The Morgan fingerprint density at radius 1 is 1.19 bits per heavy atom. The zero-order valence-electron chi connectivity index (χ0n) is 15.0. The van der Waals surface area contributed by atoms with Gasteiger partial charge in [0.15, 0.2) is 11.5 Å². The highest BCUT2D eigenvalue weighted by Crippen LogP contribution is 2.37. The molecular weight excluding hydrogens is 332 g/mol. The van der Waals surface area contributed by atoms with E-state index in [1.807, 2.05) is 24.4 Å². The van der Waals surface area contributed by atoms with Crippen LogP contribution in [-0.2, 0) is 11.3 Å². The summed E-state index contributed by atoms with van der Waals surface area (Å²) in [5.41, 5.74) is 2.21. The number of fused-ring (bicyclic) bond motifs is 1. The summed E-state index contributed by atoms with van der Waals surface area (Å²) < 4.78 is 23.1. The topological polar surface area (TPSA) is 53.1 Å². The smallest absolute Gasteiger partial charge is 0.164 e. The van der Waals surface area contributed by atoms with Crippen molar-refractivity contribution < 1.29 is 18.9 Å². The molecular formula is C20H24N2O4. The molecule has 2 aliphatic rings. The zero-order valence-corrected chi connectivity index (χ0v) is 15.0. The number of rotatable bonds is 4. The standard InChI is InChI=1S/C20H24N2O4/c1-23-17-11-19-18(24-7-3-8-25-19)10-16(17)13-22-6-9-26-20(14-22)15-4-2-5-21-12-15/h2,4-5,10-12,20H,3,6-9,13-14H2,1H3/t20-/m1/s1. The number of aromatic nitrogens is 1. The first-order chi connectivity index (χ1) is 12.8. The number of ether oxygens (including phenoxy) is 4. The molecule has 0 radical (unpaired) electrons. The van der Waals surface area contributed by atoms with Crippen molar-refractivity contribution in [2.45, 2.75) is 19.1 Å². The Morgan fingerprint density at radius 3 is 2.81 bits per heavy atom. The third kappa shape index (κ3) is 3.76. The molecule has 1 fully saturated rings. The zero-order chi connectivity index (χ0) is 17.8. The summed E-state index contributed by atoms with van der Waals surface area (Å²) in [4.78, 5) is 6.58. The van der Waals surface area contributed by atoms with Crippen LogP contribution in [0.2, 0.25) is 0 Å². The van der Waals surface area contributed by atoms with E-state index in [-0.39, 0.29) is 6.10 Å². The lowest BCUT2D eigenvalue weighted by atomic mass is 10.1. The van der Waals surface area contributed by atoms with Crippen LogP contribution in [0.4, 0.5) is 0 Å². The van der Waals surface area contributed by atoms with E-state index < -0.39 is 0 Å². The molecule has 138 valence electrons. The van der Waals surface area contributed by atoms with Gasteiger partial charge in [0.25, 0.3) is 0 Å². The maximum absolute atomic E-state index is 5.94. The maximum atomic E-state index is 5.94. The Labute approximate surface area is 153 Å². The van der Waals surface area contributed by atoms with Gasteiger partial charge in [0, 0.05) is 55.6 Å². The van der Waals surface area contributed by atoms with Crippen molar-refractivity contribution in [3.63, 3.8) is 0 Å². The summed E-state index contributed by atoms with van der Waals surface area (Å²) in [6, 6.07) is 8.00. The number of morpholine rings is 1. The highest BCUT2D eigenvalue weighted by molar-refractivity contribution is 5.51. The minimum atomic E-state index is 0.0452. The van der Waals surface area contributed by atoms with Crippen LogP contribution in [0.1, 0.15) is 23.7 Å². The summed E-state index contributed by atoms with van der Waals surface area (Å²) in [7, 11) is 1.69. The van der Waals surface area contributed by atoms with Crippen molar-refractivity contribution >= 4 is 0 Å². The minimum absolute atomic E-state index is 0.0452. The van der Waals surface area contributed by atoms with Gasteiger partial charge in [-0.3, -0.25) is 9.88 Å². The lowest BCUT2D eigenvalue weighted by Crippen LogP contribution is -2.37. The van der Waals surface area contributed by atoms with Gasteiger partial charge in [-0.25, -0.2) is 0 Å². The van der Waals surface area contributed by atoms with Crippen LogP contribution < -0.4 is 14.2 Å². The summed E-state index contributed by atoms with van der Waals surface area (Å²) in [5, 5.41) is 0. The van der Waals surface area contributed by atoms with Gasteiger partial charge in [0.2, 0.25) is 0 Å². The van der Waals surface area contributed by atoms with Crippen LogP contribution in [0.15, 0.2) is 36.7 Å². The second kappa shape index (κ2) is 7.93. The quantitative estimate of drug-likeness (QED) is 0.840. The highest BCUT2D eigenvalue weighted by atomic mass is 16.5. The first-order valence-electron chi connectivity index (χ1n) is 9.04. The van der Waals surface area contributed by atoms with Crippen molar-refractivity contribution in [2.24, 2.45) is 0 Å². The SMILES string of the molecule is COc1cc2c(cc1CN1CCO[C@@H](c3cccnc3)C1)OCCCO2. The van der Waals surface area contributed by atoms with E-state index in [0.717, 1.165) is 54.4 Å². The van der Waals surface area contributed by atoms with Crippen molar-refractivity contribution in [2.75, 3.05) is 40.0 Å². The third-order valence-electron chi connectivity index (χ3n) is 4.75. The van der Waals surface area contributed by atoms with Crippen LogP contribution in [0.5, 0.6) is 17.2 Å². The molecule has 1 saturated heterocycles. The fourth-order valence-electron chi connectivity index (χ4n) is 3.40. The second-order valence-corrected chi connectivity index (χ2v) is 6.54. The molecule has 3 heterocycles. The van der Waals surface area contributed by atoms with Crippen LogP contribution in [0.25, 0.3) is 0 Å². The molecule has 0 N–H and O–H groups in total. The van der Waals surface area contributed by atoms with E-state index in [2.05, 4.69) is 16.0 Å². The minimum Gasteiger partial charge on any atom is -0.496 e. The lowest BCUT2D eigenvalue weighted by Gasteiger charge is -2.33. The molecule has 0 bridgehead atoms. The van der Waals surface area contributed by atoms with Gasteiger partial charge in [0.1, 0.15) is 5.75 Å². The molecule has 6 nitrogen and oxygen atoms in total. The highest BCUT2D eigenvalue weighted by Gasteiger charge is 2.24. The average Bonchev–Trinajstić information content (AvgIpc) is 2.93. The fourth-order valence-corrected chi connectivity index (χ4v) is 3.40. The van der Waals surface area contributed by atoms with E-state index in [4.69, 9.17) is 18.9 Å². The van der Waals surface area contributed by atoms with Crippen molar-refractivity contribution in [3.8, 4) is 17.2 Å². The van der Waals surface area contributed by atoms with Crippen LogP contribution >= 0.6 is 0 Å². The first kappa shape index (κ1) is 17.1. The average molecular weight is 356 g/mol. The Kier molecular flexibility index (Phi) is 5.22. The van der Waals surface area contributed by atoms with Crippen molar-refractivity contribution in [3.05, 3.63) is 47.8 Å². The Morgan fingerprint density at radius 2 is 2.04 bits per heavy atom. The molecule has 1 aromatic carbocycles. The van der Waals surface area contributed by atoms with E-state index in [1.165, 1.54) is 0 Å². The molecule has 26 heavy (non-hydrogen) atoms. The predicted octanol–water partition coefficient (Wildman–Crippen LogP) is 2.83. The molecule has 1 aromatic heterocycles. The largest absolute Gasteiger partial charge is 0.496 e. The van der Waals surface area contributed by atoms with Gasteiger partial charge in [-0.05, 0) is 12.1 Å². The Balaban J connectivity index is 1.52. The summed E-state index contributed by atoms with van der Waals surface area (Å²) >= 11 is 0. The predicted molar refractivity (Wildman–Crippen MR) is 96.8 cm³/mol. The number of nitrogens with zero attached hydrogens (tertiary/aromatic N) is 2. The van der Waals surface area contributed by atoms with E-state index >= 15 is 0 Å². The van der Waals surface area contributed by atoms with Gasteiger partial charge in [0.05, 0.1) is 33.0 Å². The molecule has 4 rings (SSSR count). The van der Waals surface area contributed by atoms with Crippen LogP contribution in [0, 0.1) is 0 Å². The second-order valence-electron chi connectivity index (χ2n) is 6.54. The number of hydrogen-bond donors (Lipinski definition) is 0. The number of hydrogen-bond acceptors (Lipinski definition) is 6. The molecule has 0 spiro atoms. The molecule has 0 saturated carbocycles. The maximum Gasteiger partial charge on any atom is 0.164 e. The van der Waals surface area contributed by atoms with Crippen LogP contribution in [0.3, 0.4) is 0 Å². The van der Waals surface area contributed by atoms with E-state index in [9.17, 15) is 0 Å². The molecule has 6 heteroatoms. The van der Waals surface area contributed by atoms with Crippen molar-refractivity contribution in [1.82, 2.24) is 9.88 Å².